The maximum absolute atomic E-state index is 14.5. The summed E-state index contributed by atoms with van der Waals surface area (Å²) in [4.78, 5) is 24.2. The molecule has 0 unspecified atom stereocenters. The van der Waals surface area contributed by atoms with Gasteiger partial charge in [-0.2, -0.15) is 4.52 Å². The third kappa shape index (κ3) is 4.48. The van der Waals surface area contributed by atoms with Gasteiger partial charge in [0.25, 0.3) is 11.1 Å². The molecule has 12 heteroatoms. The molecule has 7 rings (SSSR count). The minimum atomic E-state index is -0.473. The summed E-state index contributed by atoms with van der Waals surface area (Å²) in [5, 5.41) is 8.20. The Kier molecular flexibility index (Phi) is 6.20. The van der Waals surface area contributed by atoms with E-state index in [9.17, 15) is 9.18 Å². The van der Waals surface area contributed by atoms with Crippen LogP contribution in [-0.4, -0.2) is 50.6 Å². The second kappa shape index (κ2) is 10.0. The number of furan rings is 1. The molecule has 2 aromatic carbocycles. The molecule has 0 radical (unpaired) electrons. The SMILES string of the molecule is COc1nn2c(-c3cc4c(OCc5csc(-c6ccc(C(=O)N7CCCC7)cc6)n5)cc(F)cc4o3)cnc2s1. The highest BCUT2D eigenvalue weighted by Gasteiger charge is 2.20. The fraction of sp³-hybridized carbons (Fsp3) is 0.214. The number of methoxy groups -OCH3 is 1. The van der Waals surface area contributed by atoms with Gasteiger partial charge in [-0.15, -0.1) is 16.4 Å². The number of hydrogen-bond donors (Lipinski definition) is 0. The van der Waals surface area contributed by atoms with E-state index in [-0.39, 0.29) is 12.5 Å². The second-order valence-corrected chi connectivity index (χ2v) is 11.1. The molecule has 0 aliphatic carbocycles. The Labute approximate surface area is 235 Å². The van der Waals surface area contributed by atoms with Crippen LogP contribution in [0.3, 0.4) is 0 Å². The van der Waals surface area contributed by atoms with Crippen molar-refractivity contribution in [1.29, 1.82) is 0 Å². The van der Waals surface area contributed by atoms with Crippen LogP contribution < -0.4 is 9.47 Å². The van der Waals surface area contributed by atoms with E-state index in [0.29, 0.717) is 49.6 Å². The molecular formula is C28H22FN5O4S2. The van der Waals surface area contributed by atoms with E-state index in [2.05, 4.69) is 10.1 Å². The Bertz CT molecular complexity index is 1850. The lowest BCUT2D eigenvalue weighted by Gasteiger charge is -2.15. The standard InChI is InChI=1S/C28H22FN5O4S2/c1-36-28-32-34-21(13-30-27(34)40-28)24-12-20-22(10-18(29)11-23(20)38-24)37-14-19-15-39-25(31-19)16-4-6-17(7-5-16)26(35)33-8-2-3-9-33/h4-7,10-13,15H,2-3,8-9,14H2,1H3. The van der Waals surface area contributed by atoms with E-state index >= 15 is 0 Å². The number of likely N-dealkylation sites (tertiary alicyclic amines) is 1. The van der Waals surface area contributed by atoms with Crippen LogP contribution >= 0.6 is 22.7 Å². The van der Waals surface area contributed by atoms with Crippen molar-refractivity contribution >= 4 is 44.5 Å². The Morgan fingerprint density at radius 1 is 1.15 bits per heavy atom. The Morgan fingerprint density at radius 3 is 2.77 bits per heavy atom. The van der Waals surface area contributed by atoms with E-state index in [0.717, 1.165) is 36.5 Å². The van der Waals surface area contributed by atoms with Gasteiger partial charge in [-0.3, -0.25) is 4.79 Å². The lowest BCUT2D eigenvalue weighted by molar-refractivity contribution is 0.0793. The van der Waals surface area contributed by atoms with Gasteiger partial charge in [0, 0.05) is 41.7 Å². The van der Waals surface area contributed by atoms with Gasteiger partial charge < -0.3 is 18.8 Å². The maximum Gasteiger partial charge on any atom is 0.294 e. The predicted octanol–water partition coefficient (Wildman–Crippen LogP) is 6.29. The number of carbonyl (C=O) groups is 1. The molecule has 5 heterocycles. The van der Waals surface area contributed by atoms with Crippen molar-refractivity contribution in [2.75, 3.05) is 20.2 Å². The predicted molar refractivity (Wildman–Crippen MR) is 150 cm³/mol. The molecule has 202 valence electrons. The number of aromatic nitrogens is 4. The first-order chi connectivity index (χ1) is 19.6. The molecule has 9 nitrogen and oxygen atoms in total. The fourth-order valence-electron chi connectivity index (χ4n) is 4.76. The van der Waals surface area contributed by atoms with E-state index in [1.807, 2.05) is 34.5 Å². The highest BCUT2D eigenvalue weighted by molar-refractivity contribution is 7.18. The molecule has 0 bridgehead atoms. The van der Waals surface area contributed by atoms with Crippen LogP contribution in [0.5, 0.6) is 10.9 Å². The summed E-state index contributed by atoms with van der Waals surface area (Å²) in [6.45, 7) is 1.80. The maximum atomic E-state index is 14.5. The number of thiazole rings is 1. The van der Waals surface area contributed by atoms with Crippen LogP contribution in [0, 0.1) is 5.82 Å². The average molecular weight is 576 g/mol. The Morgan fingerprint density at radius 2 is 1.98 bits per heavy atom. The van der Waals surface area contributed by atoms with Gasteiger partial charge in [-0.25, -0.2) is 14.4 Å². The smallest absolute Gasteiger partial charge is 0.294 e. The number of carbonyl (C=O) groups excluding carboxylic acids is 1. The third-order valence-electron chi connectivity index (χ3n) is 6.76. The van der Waals surface area contributed by atoms with Crippen molar-refractivity contribution in [2.24, 2.45) is 0 Å². The fourth-order valence-corrected chi connectivity index (χ4v) is 6.27. The van der Waals surface area contributed by atoms with E-state index in [1.54, 1.807) is 23.9 Å². The first kappa shape index (κ1) is 24.7. The van der Waals surface area contributed by atoms with E-state index in [4.69, 9.17) is 18.9 Å². The molecule has 1 aliphatic rings. The largest absolute Gasteiger partial charge is 0.486 e. The van der Waals surface area contributed by atoms with Crippen LogP contribution in [0.1, 0.15) is 28.9 Å². The number of amides is 1. The van der Waals surface area contributed by atoms with Gasteiger partial charge in [-0.05, 0) is 42.4 Å². The molecule has 0 saturated carbocycles. The Hall–Kier alpha value is -4.29. The number of imidazole rings is 1. The molecular weight excluding hydrogens is 553 g/mol. The van der Waals surface area contributed by atoms with Crippen molar-refractivity contribution in [2.45, 2.75) is 19.4 Å². The third-order valence-corrected chi connectivity index (χ3v) is 8.58. The summed E-state index contributed by atoms with van der Waals surface area (Å²) in [7, 11) is 1.55. The quantitative estimate of drug-likeness (QED) is 0.221. The summed E-state index contributed by atoms with van der Waals surface area (Å²) < 4.78 is 33.3. The van der Waals surface area contributed by atoms with Crippen molar-refractivity contribution in [3.63, 3.8) is 0 Å². The van der Waals surface area contributed by atoms with Gasteiger partial charge in [0.2, 0.25) is 4.96 Å². The van der Waals surface area contributed by atoms with Gasteiger partial charge in [0.05, 0.1) is 24.4 Å². The first-order valence-corrected chi connectivity index (χ1v) is 14.3. The topological polar surface area (TPSA) is 95.0 Å². The molecule has 40 heavy (non-hydrogen) atoms. The lowest BCUT2D eigenvalue weighted by atomic mass is 10.1. The van der Waals surface area contributed by atoms with E-state index < -0.39 is 5.82 Å². The molecule has 1 fully saturated rings. The van der Waals surface area contributed by atoms with Gasteiger partial charge in [0.1, 0.15) is 34.5 Å². The number of halogens is 1. The van der Waals surface area contributed by atoms with Crippen molar-refractivity contribution in [3.8, 4) is 33.0 Å². The number of ether oxygens (including phenoxy) is 2. The lowest BCUT2D eigenvalue weighted by Crippen LogP contribution is -2.27. The van der Waals surface area contributed by atoms with Crippen molar-refractivity contribution in [3.05, 3.63) is 71.1 Å². The molecule has 0 spiro atoms. The van der Waals surface area contributed by atoms with Crippen LogP contribution in [0.4, 0.5) is 4.39 Å². The summed E-state index contributed by atoms with van der Waals surface area (Å²) >= 11 is 2.79. The van der Waals surface area contributed by atoms with Crippen LogP contribution in [0.15, 0.2) is 58.5 Å². The van der Waals surface area contributed by atoms with Crippen molar-refractivity contribution < 1.29 is 23.1 Å². The van der Waals surface area contributed by atoms with Gasteiger partial charge >= 0.3 is 0 Å². The molecule has 1 amide bonds. The summed E-state index contributed by atoms with van der Waals surface area (Å²) in [6, 6.07) is 12.0. The minimum absolute atomic E-state index is 0.0741. The zero-order chi connectivity index (χ0) is 27.2. The monoisotopic (exact) mass is 575 g/mol. The normalized spacial score (nSPS) is 13.5. The van der Waals surface area contributed by atoms with Crippen LogP contribution in [-0.2, 0) is 6.61 Å². The Balaban J connectivity index is 1.09. The van der Waals surface area contributed by atoms with Crippen LogP contribution in [0.25, 0.3) is 38.0 Å². The molecule has 1 aliphatic heterocycles. The molecule has 6 aromatic rings. The average Bonchev–Trinajstić information content (AvgIpc) is 3.79. The summed E-state index contributed by atoms with van der Waals surface area (Å²) in [5.41, 5.74) is 3.29. The number of nitrogens with zero attached hydrogens (tertiary/aromatic N) is 5. The number of fused-ring (bicyclic) bond motifs is 2. The van der Waals surface area contributed by atoms with Crippen LogP contribution in [0.2, 0.25) is 0 Å². The number of benzene rings is 2. The highest BCUT2D eigenvalue weighted by atomic mass is 32.1. The second-order valence-electron chi connectivity index (χ2n) is 9.35. The highest BCUT2D eigenvalue weighted by Crippen LogP contribution is 2.36. The summed E-state index contributed by atoms with van der Waals surface area (Å²) in [5.74, 6) is 0.430. The summed E-state index contributed by atoms with van der Waals surface area (Å²) in [6.07, 6.45) is 3.78. The molecule has 4 aromatic heterocycles. The minimum Gasteiger partial charge on any atom is -0.486 e. The van der Waals surface area contributed by atoms with Gasteiger partial charge in [0.15, 0.2) is 5.76 Å². The first-order valence-electron chi connectivity index (χ1n) is 12.6. The van der Waals surface area contributed by atoms with Crippen molar-refractivity contribution in [1.82, 2.24) is 24.5 Å². The van der Waals surface area contributed by atoms with Gasteiger partial charge in [-0.1, -0.05) is 12.1 Å². The molecule has 1 saturated heterocycles. The zero-order valence-electron chi connectivity index (χ0n) is 21.3. The molecule has 0 N–H and O–H groups in total. The van der Waals surface area contributed by atoms with E-state index in [1.165, 1.54) is 34.8 Å². The zero-order valence-corrected chi connectivity index (χ0v) is 22.9. The number of hydrogen-bond acceptors (Lipinski definition) is 9. The molecule has 0 atom stereocenters. The number of rotatable bonds is 7.